The van der Waals surface area contributed by atoms with Gasteiger partial charge in [-0.05, 0) is 49.9 Å². The lowest BCUT2D eigenvalue weighted by molar-refractivity contribution is -0.0149. The lowest BCUT2D eigenvalue weighted by atomic mass is 9.89. The molecular formula is C21H24O. The lowest BCUT2D eigenvalue weighted by Crippen LogP contribution is -2.18. The van der Waals surface area contributed by atoms with Crippen molar-refractivity contribution in [2.45, 2.75) is 45.8 Å². The monoisotopic (exact) mass is 292 g/mol. The summed E-state index contributed by atoms with van der Waals surface area (Å²) in [6.45, 7) is 9.15. The van der Waals surface area contributed by atoms with Crippen molar-refractivity contribution < 1.29 is 4.74 Å². The van der Waals surface area contributed by atoms with Crippen LogP contribution in [0.1, 0.15) is 55.9 Å². The van der Waals surface area contributed by atoms with Crippen LogP contribution in [0.5, 0.6) is 0 Å². The molecule has 1 aliphatic carbocycles. The quantitative estimate of drug-likeness (QED) is 0.720. The first-order valence-corrected chi connectivity index (χ1v) is 7.94. The molecule has 0 bridgehead atoms. The highest BCUT2D eigenvalue weighted by Crippen LogP contribution is 2.40. The third-order valence-electron chi connectivity index (χ3n) is 4.13. The van der Waals surface area contributed by atoms with Gasteiger partial charge in [0.05, 0.1) is 12.2 Å². The van der Waals surface area contributed by atoms with Crippen LogP contribution in [0.3, 0.4) is 0 Å². The molecule has 1 atom stereocenters. The van der Waals surface area contributed by atoms with Crippen molar-refractivity contribution in [3.8, 4) is 0 Å². The van der Waals surface area contributed by atoms with Gasteiger partial charge in [-0.3, -0.25) is 0 Å². The molecule has 0 fully saturated rings. The summed E-state index contributed by atoms with van der Waals surface area (Å²) < 4.78 is 5.85. The van der Waals surface area contributed by atoms with Gasteiger partial charge in [-0.1, -0.05) is 60.2 Å². The van der Waals surface area contributed by atoms with Crippen molar-refractivity contribution in [1.29, 1.82) is 0 Å². The highest BCUT2D eigenvalue weighted by molar-refractivity contribution is 5.68. The Hall–Kier alpha value is -1.86. The zero-order valence-electron chi connectivity index (χ0n) is 13.9. The number of ether oxygens (including phenoxy) is 1. The second-order valence-corrected chi connectivity index (χ2v) is 7.09. The fourth-order valence-corrected chi connectivity index (χ4v) is 3.03. The summed E-state index contributed by atoms with van der Waals surface area (Å²) in [6.07, 6.45) is 2.30. The smallest absolute Gasteiger partial charge is 0.0724 e. The Labute approximate surface area is 133 Å². The summed E-state index contributed by atoms with van der Waals surface area (Å²) in [5, 5.41) is 0. The highest BCUT2D eigenvalue weighted by Gasteiger charge is 2.23. The van der Waals surface area contributed by atoms with E-state index in [1.165, 1.54) is 27.8 Å². The molecule has 1 heteroatoms. The zero-order valence-corrected chi connectivity index (χ0v) is 13.9. The van der Waals surface area contributed by atoms with Gasteiger partial charge >= 0.3 is 0 Å². The van der Waals surface area contributed by atoms with Gasteiger partial charge in [-0.15, -0.1) is 0 Å². The highest BCUT2D eigenvalue weighted by atomic mass is 16.5. The number of allylic oxidation sites excluding steroid dienone is 1. The molecule has 2 aromatic rings. The molecule has 114 valence electrons. The summed E-state index contributed by atoms with van der Waals surface area (Å²) in [5.74, 6) is 0.397. The van der Waals surface area contributed by atoms with Gasteiger partial charge in [0.15, 0.2) is 0 Å². The van der Waals surface area contributed by atoms with Crippen molar-refractivity contribution in [3.63, 3.8) is 0 Å². The molecule has 1 unspecified atom stereocenters. The molecule has 0 N–H and O–H groups in total. The minimum absolute atomic E-state index is 0.0949. The van der Waals surface area contributed by atoms with Crippen molar-refractivity contribution in [3.05, 3.63) is 76.4 Å². The minimum Gasteiger partial charge on any atom is -0.371 e. The Morgan fingerprint density at radius 1 is 0.955 bits per heavy atom. The average Bonchev–Trinajstić information content (AvgIpc) is 2.81. The average molecular weight is 292 g/mol. The number of benzene rings is 2. The molecule has 0 saturated carbocycles. The number of rotatable bonds is 3. The molecule has 0 aliphatic heterocycles. The van der Waals surface area contributed by atoms with Crippen molar-refractivity contribution in [2.24, 2.45) is 0 Å². The molecule has 0 heterocycles. The molecule has 2 aromatic carbocycles. The molecule has 3 rings (SSSR count). The first kappa shape index (κ1) is 15.1. The maximum Gasteiger partial charge on any atom is 0.0724 e. The molecule has 22 heavy (non-hydrogen) atoms. The lowest BCUT2D eigenvalue weighted by Gasteiger charge is -2.20. The van der Waals surface area contributed by atoms with Crippen LogP contribution < -0.4 is 0 Å². The van der Waals surface area contributed by atoms with Crippen molar-refractivity contribution >= 4 is 6.08 Å². The fraction of sp³-hybridized carbons (Fsp3) is 0.333. The van der Waals surface area contributed by atoms with Crippen LogP contribution in [0.25, 0.3) is 6.08 Å². The van der Waals surface area contributed by atoms with Gasteiger partial charge < -0.3 is 4.74 Å². The van der Waals surface area contributed by atoms with Gasteiger partial charge in [0.1, 0.15) is 0 Å². The molecule has 0 spiro atoms. The van der Waals surface area contributed by atoms with E-state index in [2.05, 4.69) is 82.3 Å². The second kappa shape index (κ2) is 5.73. The summed E-state index contributed by atoms with van der Waals surface area (Å²) >= 11 is 0. The summed E-state index contributed by atoms with van der Waals surface area (Å²) in [6, 6.07) is 17.5. The normalized spacial score (nSPS) is 17.3. The van der Waals surface area contributed by atoms with Crippen LogP contribution in [0, 0.1) is 0 Å². The van der Waals surface area contributed by atoms with E-state index in [1.54, 1.807) is 0 Å². The third-order valence-corrected chi connectivity index (χ3v) is 4.13. The Balaban J connectivity index is 1.81. The van der Waals surface area contributed by atoms with Crippen LogP contribution in [-0.4, -0.2) is 5.60 Å². The summed E-state index contributed by atoms with van der Waals surface area (Å²) in [5.41, 5.74) is 6.68. The maximum absolute atomic E-state index is 5.85. The predicted octanol–water partition coefficient (Wildman–Crippen LogP) is 5.55. The van der Waals surface area contributed by atoms with Gasteiger partial charge in [0.2, 0.25) is 0 Å². The Morgan fingerprint density at radius 3 is 2.32 bits per heavy atom. The first-order valence-electron chi connectivity index (χ1n) is 7.94. The van der Waals surface area contributed by atoms with E-state index in [4.69, 9.17) is 4.74 Å². The fourth-order valence-electron chi connectivity index (χ4n) is 3.03. The molecule has 0 radical (unpaired) electrons. The van der Waals surface area contributed by atoms with Crippen LogP contribution in [0.15, 0.2) is 54.1 Å². The van der Waals surface area contributed by atoms with Gasteiger partial charge in [-0.2, -0.15) is 0 Å². The van der Waals surface area contributed by atoms with Crippen molar-refractivity contribution in [1.82, 2.24) is 0 Å². The molecule has 1 nitrogen and oxygen atoms in total. The van der Waals surface area contributed by atoms with Gasteiger partial charge in [-0.25, -0.2) is 0 Å². The van der Waals surface area contributed by atoms with E-state index in [-0.39, 0.29) is 5.60 Å². The van der Waals surface area contributed by atoms with Gasteiger partial charge in [0.25, 0.3) is 0 Å². The third kappa shape index (κ3) is 3.15. The van der Waals surface area contributed by atoms with E-state index < -0.39 is 0 Å². The number of fused-ring (bicyclic) bond motifs is 1. The number of hydrogen-bond donors (Lipinski definition) is 0. The molecule has 0 amide bonds. The standard InChI is InChI=1S/C21H24O/c1-15-13-18-7-5-6-8-19(18)20(15)17-11-9-16(10-12-17)14-22-21(2,3)4/h5-13,20H,14H2,1-4H3. The summed E-state index contributed by atoms with van der Waals surface area (Å²) in [7, 11) is 0. The first-order chi connectivity index (χ1) is 10.4. The topological polar surface area (TPSA) is 9.23 Å². The van der Waals surface area contributed by atoms with Gasteiger partial charge in [0, 0.05) is 5.92 Å². The number of hydrogen-bond acceptors (Lipinski definition) is 1. The van der Waals surface area contributed by atoms with E-state index in [1.807, 2.05) is 0 Å². The van der Waals surface area contributed by atoms with E-state index in [0.717, 1.165) is 0 Å². The van der Waals surface area contributed by atoms with Crippen LogP contribution in [0.2, 0.25) is 0 Å². The molecular weight excluding hydrogens is 268 g/mol. The Kier molecular flexibility index (Phi) is 3.92. The van der Waals surface area contributed by atoms with Crippen molar-refractivity contribution in [2.75, 3.05) is 0 Å². The summed E-state index contributed by atoms with van der Waals surface area (Å²) in [4.78, 5) is 0. The van der Waals surface area contributed by atoms with Crippen LogP contribution in [-0.2, 0) is 11.3 Å². The van der Waals surface area contributed by atoms with E-state index >= 15 is 0 Å². The molecule has 0 saturated heterocycles. The Morgan fingerprint density at radius 2 is 1.64 bits per heavy atom. The molecule has 1 aliphatic rings. The SMILES string of the molecule is CC1=Cc2ccccc2C1c1ccc(COC(C)(C)C)cc1. The largest absolute Gasteiger partial charge is 0.371 e. The van der Waals surface area contributed by atoms with E-state index in [0.29, 0.717) is 12.5 Å². The Bertz CT molecular complexity index is 687. The van der Waals surface area contributed by atoms with E-state index in [9.17, 15) is 0 Å². The van der Waals surface area contributed by atoms with Crippen LogP contribution in [0.4, 0.5) is 0 Å². The predicted molar refractivity (Wildman–Crippen MR) is 92.9 cm³/mol. The molecule has 0 aromatic heterocycles. The zero-order chi connectivity index (χ0) is 15.7. The minimum atomic E-state index is -0.0949. The van der Waals surface area contributed by atoms with Crippen LogP contribution >= 0.6 is 0 Å². The maximum atomic E-state index is 5.85. The second-order valence-electron chi connectivity index (χ2n) is 7.09.